The van der Waals surface area contributed by atoms with Gasteiger partial charge >= 0.3 is 0 Å². The summed E-state index contributed by atoms with van der Waals surface area (Å²) in [6, 6.07) is 13.0. The van der Waals surface area contributed by atoms with Gasteiger partial charge in [0, 0.05) is 16.3 Å². The van der Waals surface area contributed by atoms with Crippen LogP contribution < -0.4 is 5.32 Å². The van der Waals surface area contributed by atoms with Gasteiger partial charge in [-0.1, -0.05) is 35.4 Å². The Bertz CT molecular complexity index is 977. The van der Waals surface area contributed by atoms with Crippen LogP contribution in [0.2, 0.25) is 5.02 Å². The second kappa shape index (κ2) is 7.21. The van der Waals surface area contributed by atoms with Gasteiger partial charge in [-0.3, -0.25) is 4.79 Å². The van der Waals surface area contributed by atoms with Crippen LogP contribution in [-0.4, -0.2) is 15.7 Å². The average Bonchev–Trinajstić information content (AvgIpc) is 2.92. The van der Waals surface area contributed by atoms with E-state index in [1.807, 2.05) is 44.2 Å². The molecule has 1 heterocycles. The Balaban J connectivity index is 1.74. The van der Waals surface area contributed by atoms with Crippen LogP contribution in [0.5, 0.6) is 0 Å². The van der Waals surface area contributed by atoms with Crippen LogP contribution in [0.25, 0.3) is 11.5 Å². The maximum absolute atomic E-state index is 12.2. The van der Waals surface area contributed by atoms with Crippen molar-refractivity contribution in [2.24, 2.45) is 0 Å². The number of hydrogen-bond acceptors (Lipinski definition) is 4. The molecule has 0 radical (unpaired) electrons. The fraction of sp³-hybridized carbons (Fsp3) is 0.167. The van der Waals surface area contributed by atoms with Gasteiger partial charge in [0.25, 0.3) is 4.84 Å². The third-order valence-corrected chi connectivity index (χ3v) is 4.36. The zero-order valence-electron chi connectivity index (χ0n) is 13.7. The lowest BCUT2D eigenvalue weighted by Gasteiger charge is -2.06. The normalized spacial score (nSPS) is 10.7. The van der Waals surface area contributed by atoms with Crippen LogP contribution in [0.4, 0.5) is 5.69 Å². The summed E-state index contributed by atoms with van der Waals surface area (Å²) in [5.41, 5.74) is 3.51. The highest BCUT2D eigenvalue weighted by Gasteiger charge is 2.12. The monoisotopic (exact) mass is 373 g/mol. The zero-order chi connectivity index (χ0) is 18.0. The van der Waals surface area contributed by atoms with Crippen molar-refractivity contribution < 1.29 is 9.21 Å². The molecule has 5 nitrogen and oxygen atoms in total. The third kappa shape index (κ3) is 4.15. The maximum atomic E-state index is 12.2. The molecule has 0 spiro atoms. The highest BCUT2D eigenvalue weighted by atomic mass is 35.5. The van der Waals surface area contributed by atoms with E-state index in [1.54, 1.807) is 12.1 Å². The van der Waals surface area contributed by atoms with Gasteiger partial charge in [0.05, 0.1) is 0 Å². The van der Waals surface area contributed by atoms with E-state index in [1.165, 1.54) is 4.68 Å². The summed E-state index contributed by atoms with van der Waals surface area (Å²) in [6.07, 6.45) is 0. The Labute approximate surface area is 155 Å². The number of anilines is 1. The molecule has 128 valence electrons. The summed E-state index contributed by atoms with van der Waals surface area (Å²) in [5.74, 6) is 0.121. The average molecular weight is 374 g/mol. The largest absolute Gasteiger partial charge is 0.409 e. The number of aromatic nitrogens is 2. The molecule has 0 saturated carbocycles. The molecule has 2 aromatic carbocycles. The van der Waals surface area contributed by atoms with Crippen LogP contribution in [0.15, 0.2) is 46.9 Å². The van der Waals surface area contributed by atoms with E-state index in [4.69, 9.17) is 28.2 Å². The Hall–Kier alpha value is -2.44. The molecule has 1 amide bonds. The molecule has 0 aliphatic heterocycles. The number of benzene rings is 2. The van der Waals surface area contributed by atoms with E-state index >= 15 is 0 Å². The minimum absolute atomic E-state index is 0.0420. The summed E-state index contributed by atoms with van der Waals surface area (Å²) in [6.45, 7) is 3.86. The van der Waals surface area contributed by atoms with Gasteiger partial charge in [-0.25, -0.2) is 4.68 Å². The molecule has 3 rings (SSSR count). The standard InChI is InChI=1S/C18H16ClN3O2S/c1-11-3-6-13(7-4-11)17-21-22(18(25)24-17)10-16(23)20-14-8-5-12(2)15(19)9-14/h3-9H,10H2,1-2H3,(H,20,23). The summed E-state index contributed by atoms with van der Waals surface area (Å²) in [4.78, 5) is 12.4. The second-order valence-electron chi connectivity index (χ2n) is 5.71. The van der Waals surface area contributed by atoms with Crippen molar-refractivity contribution in [3.8, 4) is 11.5 Å². The number of nitrogens with zero attached hydrogens (tertiary/aromatic N) is 2. The van der Waals surface area contributed by atoms with Crippen molar-refractivity contribution in [3.05, 3.63) is 63.5 Å². The summed E-state index contributed by atoms with van der Waals surface area (Å²) in [5, 5.41) is 7.65. The number of amides is 1. The molecule has 1 N–H and O–H groups in total. The predicted molar refractivity (Wildman–Crippen MR) is 100 cm³/mol. The first-order chi connectivity index (χ1) is 11.9. The summed E-state index contributed by atoms with van der Waals surface area (Å²) < 4.78 is 6.85. The van der Waals surface area contributed by atoms with Gasteiger partial charge in [0.2, 0.25) is 11.8 Å². The van der Waals surface area contributed by atoms with Crippen LogP contribution in [-0.2, 0) is 11.3 Å². The molecule has 0 saturated heterocycles. The molecule has 25 heavy (non-hydrogen) atoms. The Morgan fingerprint density at radius 1 is 1.24 bits per heavy atom. The minimum atomic E-state index is -0.264. The van der Waals surface area contributed by atoms with Gasteiger partial charge in [-0.05, 0) is 55.9 Å². The van der Waals surface area contributed by atoms with Gasteiger partial charge in [-0.2, -0.15) is 0 Å². The number of carbonyl (C=O) groups excluding carboxylic acids is 1. The fourth-order valence-corrected chi connectivity index (χ4v) is 2.59. The SMILES string of the molecule is Cc1ccc(-c2nn(CC(=O)Nc3ccc(C)c(Cl)c3)c(=S)o2)cc1. The Kier molecular flexibility index (Phi) is 5.01. The first-order valence-electron chi connectivity index (χ1n) is 7.63. The molecule has 0 fully saturated rings. The van der Waals surface area contributed by atoms with Crippen LogP contribution in [0, 0.1) is 18.7 Å². The lowest BCUT2D eigenvalue weighted by Crippen LogP contribution is -2.19. The first-order valence-corrected chi connectivity index (χ1v) is 8.42. The zero-order valence-corrected chi connectivity index (χ0v) is 15.3. The number of halogens is 1. The van der Waals surface area contributed by atoms with Crippen molar-refractivity contribution in [1.82, 2.24) is 9.78 Å². The number of nitrogens with one attached hydrogen (secondary N) is 1. The first kappa shape index (κ1) is 17.4. The Morgan fingerprint density at radius 2 is 1.96 bits per heavy atom. The number of carbonyl (C=O) groups is 1. The molecule has 0 aliphatic rings. The molecular formula is C18H16ClN3O2S. The van der Waals surface area contributed by atoms with Crippen molar-refractivity contribution in [1.29, 1.82) is 0 Å². The smallest absolute Gasteiger partial charge is 0.287 e. The van der Waals surface area contributed by atoms with E-state index in [-0.39, 0.29) is 17.3 Å². The van der Waals surface area contributed by atoms with Gasteiger partial charge in [0.15, 0.2) is 0 Å². The molecular weight excluding hydrogens is 358 g/mol. The molecule has 0 unspecified atom stereocenters. The highest BCUT2D eigenvalue weighted by molar-refractivity contribution is 7.71. The maximum Gasteiger partial charge on any atom is 0.287 e. The van der Waals surface area contributed by atoms with E-state index in [0.29, 0.717) is 16.6 Å². The Morgan fingerprint density at radius 3 is 2.64 bits per heavy atom. The third-order valence-electron chi connectivity index (χ3n) is 3.65. The molecule has 3 aromatic rings. The molecule has 0 aliphatic carbocycles. The van der Waals surface area contributed by atoms with E-state index in [0.717, 1.165) is 16.7 Å². The number of hydrogen-bond donors (Lipinski definition) is 1. The minimum Gasteiger partial charge on any atom is -0.409 e. The fourth-order valence-electron chi connectivity index (χ4n) is 2.23. The van der Waals surface area contributed by atoms with Crippen molar-refractivity contribution in [3.63, 3.8) is 0 Å². The van der Waals surface area contributed by atoms with E-state index < -0.39 is 0 Å². The lowest BCUT2D eigenvalue weighted by molar-refractivity contribution is -0.117. The van der Waals surface area contributed by atoms with E-state index in [9.17, 15) is 4.79 Å². The molecule has 1 aromatic heterocycles. The van der Waals surface area contributed by atoms with Gasteiger partial charge in [-0.15, -0.1) is 5.10 Å². The van der Waals surface area contributed by atoms with Crippen molar-refractivity contribution in [2.45, 2.75) is 20.4 Å². The van der Waals surface area contributed by atoms with Gasteiger partial charge < -0.3 is 9.73 Å². The lowest BCUT2D eigenvalue weighted by atomic mass is 10.1. The van der Waals surface area contributed by atoms with Gasteiger partial charge in [0.1, 0.15) is 6.54 Å². The van der Waals surface area contributed by atoms with Crippen LogP contribution in [0.1, 0.15) is 11.1 Å². The molecule has 0 bridgehead atoms. The quantitative estimate of drug-likeness (QED) is 0.668. The topological polar surface area (TPSA) is 60.1 Å². The highest BCUT2D eigenvalue weighted by Crippen LogP contribution is 2.20. The van der Waals surface area contributed by atoms with Crippen LogP contribution in [0.3, 0.4) is 0 Å². The van der Waals surface area contributed by atoms with E-state index in [2.05, 4.69) is 10.4 Å². The molecule has 0 atom stereocenters. The summed E-state index contributed by atoms with van der Waals surface area (Å²) >= 11 is 11.2. The number of rotatable bonds is 4. The summed E-state index contributed by atoms with van der Waals surface area (Å²) in [7, 11) is 0. The molecule has 7 heteroatoms. The van der Waals surface area contributed by atoms with Crippen molar-refractivity contribution >= 4 is 35.4 Å². The van der Waals surface area contributed by atoms with Crippen LogP contribution >= 0.6 is 23.8 Å². The second-order valence-corrected chi connectivity index (χ2v) is 6.47. The van der Waals surface area contributed by atoms with Crippen molar-refractivity contribution in [2.75, 3.05) is 5.32 Å². The predicted octanol–water partition coefficient (Wildman–Crippen LogP) is 4.78. The number of aryl methyl sites for hydroxylation is 2.